The van der Waals surface area contributed by atoms with Gasteiger partial charge in [-0.25, -0.2) is 9.78 Å². The number of hydrogen-bond acceptors (Lipinski definition) is 5. The quantitative estimate of drug-likeness (QED) is 0.251. The lowest BCUT2D eigenvalue weighted by Gasteiger charge is -2.24. The zero-order chi connectivity index (χ0) is 23.3. The third kappa shape index (κ3) is 4.88. The molecule has 34 heavy (non-hydrogen) atoms. The number of oxazole rings is 1. The van der Waals surface area contributed by atoms with E-state index in [1.165, 1.54) is 23.6 Å². The molecule has 3 aromatic carbocycles. The molecule has 1 aliphatic rings. The largest absolute Gasteiger partial charge is 0.449 e. The van der Waals surface area contributed by atoms with Crippen LogP contribution in [-0.2, 0) is 28.9 Å². The van der Waals surface area contributed by atoms with Gasteiger partial charge in [0, 0.05) is 18.9 Å². The molecule has 0 amide bonds. The van der Waals surface area contributed by atoms with Gasteiger partial charge in [0.2, 0.25) is 0 Å². The molecule has 0 spiro atoms. The average Bonchev–Trinajstić information content (AvgIpc) is 3.31. The van der Waals surface area contributed by atoms with Crippen LogP contribution < -0.4 is 4.89 Å². The Morgan fingerprint density at radius 1 is 1.00 bits per heavy atom. The van der Waals surface area contributed by atoms with Gasteiger partial charge in [-0.2, -0.15) is 0 Å². The summed E-state index contributed by atoms with van der Waals surface area (Å²) in [6.45, 7) is 1.33. The van der Waals surface area contributed by atoms with E-state index in [4.69, 9.17) is 19.2 Å². The first kappa shape index (κ1) is 22.0. The molecule has 0 N–H and O–H groups in total. The second kappa shape index (κ2) is 9.96. The standard InChI is InChI=1S/C29H27NO4/c1-20(31)33-34-27-14-8-13-24-17-21(15-16-25(24)27)18-28-30-26(19-32-28)29(22-9-4-2-5-10-22)23-11-6-3-7-12-23/h2-14,19,21,29H,15-18H2,1H3. The van der Waals surface area contributed by atoms with Crippen molar-refractivity contribution in [2.24, 2.45) is 5.92 Å². The molecule has 1 aromatic heterocycles. The lowest BCUT2D eigenvalue weighted by Crippen LogP contribution is -2.18. The molecule has 1 atom stereocenters. The fraction of sp³-hybridized carbons (Fsp3) is 0.241. The van der Waals surface area contributed by atoms with Crippen LogP contribution in [0.4, 0.5) is 0 Å². The second-order valence-electron chi connectivity index (χ2n) is 8.79. The van der Waals surface area contributed by atoms with Crippen molar-refractivity contribution in [1.29, 1.82) is 0 Å². The van der Waals surface area contributed by atoms with E-state index in [0.29, 0.717) is 11.7 Å². The van der Waals surface area contributed by atoms with Crippen molar-refractivity contribution in [1.82, 2.24) is 4.98 Å². The molecule has 5 heteroatoms. The molecule has 5 nitrogen and oxygen atoms in total. The van der Waals surface area contributed by atoms with Crippen LogP contribution in [0.5, 0.6) is 5.75 Å². The minimum absolute atomic E-state index is 0.0352. The van der Waals surface area contributed by atoms with E-state index in [1.807, 2.05) is 30.5 Å². The molecule has 0 fully saturated rings. The van der Waals surface area contributed by atoms with E-state index < -0.39 is 5.97 Å². The summed E-state index contributed by atoms with van der Waals surface area (Å²) in [5, 5.41) is 0. The van der Waals surface area contributed by atoms with Crippen molar-refractivity contribution >= 4 is 5.97 Å². The summed E-state index contributed by atoms with van der Waals surface area (Å²) >= 11 is 0. The topological polar surface area (TPSA) is 61.6 Å². The summed E-state index contributed by atoms with van der Waals surface area (Å²) in [6, 6.07) is 26.8. The van der Waals surface area contributed by atoms with Gasteiger partial charge in [-0.15, -0.1) is 0 Å². The summed E-state index contributed by atoms with van der Waals surface area (Å²) in [6.07, 6.45) is 5.35. The van der Waals surface area contributed by atoms with Gasteiger partial charge in [0.1, 0.15) is 6.26 Å². The monoisotopic (exact) mass is 453 g/mol. The van der Waals surface area contributed by atoms with Crippen LogP contribution in [0.1, 0.15) is 53.1 Å². The Balaban J connectivity index is 1.33. The van der Waals surface area contributed by atoms with Crippen LogP contribution in [0.15, 0.2) is 89.5 Å². The lowest BCUT2D eigenvalue weighted by molar-refractivity contribution is -0.211. The number of aromatic nitrogens is 1. The molecule has 0 aliphatic heterocycles. The van der Waals surface area contributed by atoms with E-state index in [-0.39, 0.29) is 5.92 Å². The molecule has 172 valence electrons. The van der Waals surface area contributed by atoms with Gasteiger partial charge in [-0.3, -0.25) is 9.78 Å². The number of rotatable bonds is 7. The first-order valence-corrected chi connectivity index (χ1v) is 11.7. The molecular weight excluding hydrogens is 426 g/mol. The van der Waals surface area contributed by atoms with Gasteiger partial charge < -0.3 is 4.42 Å². The van der Waals surface area contributed by atoms with E-state index in [2.05, 4.69) is 54.6 Å². The van der Waals surface area contributed by atoms with Crippen LogP contribution in [0.25, 0.3) is 0 Å². The fourth-order valence-corrected chi connectivity index (χ4v) is 4.83. The van der Waals surface area contributed by atoms with Crippen molar-refractivity contribution in [2.75, 3.05) is 0 Å². The number of carbonyl (C=O) groups excluding carboxylic acids is 1. The molecule has 5 rings (SSSR count). The highest BCUT2D eigenvalue weighted by molar-refractivity contribution is 5.65. The van der Waals surface area contributed by atoms with Gasteiger partial charge in [0.05, 0.1) is 11.6 Å². The Hall–Kier alpha value is -3.86. The van der Waals surface area contributed by atoms with Crippen LogP contribution in [0.2, 0.25) is 0 Å². The van der Waals surface area contributed by atoms with E-state index in [9.17, 15) is 4.79 Å². The number of nitrogens with zero attached hydrogens (tertiary/aromatic N) is 1. The van der Waals surface area contributed by atoms with E-state index in [1.54, 1.807) is 0 Å². The van der Waals surface area contributed by atoms with E-state index in [0.717, 1.165) is 42.8 Å². The zero-order valence-electron chi connectivity index (χ0n) is 19.1. The average molecular weight is 454 g/mol. The molecular formula is C29H27NO4. The number of hydrogen-bond donors (Lipinski definition) is 0. The van der Waals surface area contributed by atoms with Crippen molar-refractivity contribution in [2.45, 2.75) is 38.5 Å². The van der Waals surface area contributed by atoms with E-state index >= 15 is 0 Å². The predicted molar refractivity (Wildman–Crippen MR) is 128 cm³/mol. The van der Waals surface area contributed by atoms with Crippen molar-refractivity contribution < 1.29 is 19.0 Å². The maximum absolute atomic E-state index is 11.1. The van der Waals surface area contributed by atoms with Crippen molar-refractivity contribution in [3.63, 3.8) is 0 Å². The summed E-state index contributed by atoms with van der Waals surface area (Å²) in [5.74, 6) is 1.39. The van der Waals surface area contributed by atoms with Crippen LogP contribution in [0, 0.1) is 5.92 Å². The first-order valence-electron chi connectivity index (χ1n) is 11.7. The maximum Gasteiger partial charge on any atom is 0.352 e. The van der Waals surface area contributed by atoms with Crippen LogP contribution in [0.3, 0.4) is 0 Å². The number of fused-ring (bicyclic) bond motifs is 1. The SMILES string of the molecule is CC(=O)OOc1cccc2c1CCC(Cc1nc(C(c3ccccc3)c3ccccc3)co1)C2. The highest BCUT2D eigenvalue weighted by atomic mass is 17.2. The molecule has 4 aromatic rings. The second-order valence-corrected chi connectivity index (χ2v) is 8.79. The van der Waals surface area contributed by atoms with Crippen LogP contribution in [-0.4, -0.2) is 11.0 Å². The van der Waals surface area contributed by atoms with Crippen molar-refractivity contribution in [3.8, 4) is 5.75 Å². The highest BCUT2D eigenvalue weighted by Gasteiger charge is 2.25. The summed E-state index contributed by atoms with van der Waals surface area (Å²) < 4.78 is 5.97. The Morgan fingerprint density at radius 3 is 2.38 bits per heavy atom. The van der Waals surface area contributed by atoms with Gasteiger partial charge in [0.15, 0.2) is 11.6 Å². The Bertz CT molecular complexity index is 1210. The van der Waals surface area contributed by atoms with Gasteiger partial charge in [-0.1, -0.05) is 72.8 Å². The third-order valence-corrected chi connectivity index (χ3v) is 6.38. The maximum atomic E-state index is 11.1. The summed E-state index contributed by atoms with van der Waals surface area (Å²) in [7, 11) is 0. The van der Waals surface area contributed by atoms with Gasteiger partial charge >= 0.3 is 5.97 Å². The fourth-order valence-electron chi connectivity index (χ4n) is 4.83. The first-order chi connectivity index (χ1) is 16.7. The molecule has 0 radical (unpaired) electrons. The Labute approximate surface area is 199 Å². The lowest BCUT2D eigenvalue weighted by atomic mass is 9.82. The molecule has 0 bridgehead atoms. The van der Waals surface area contributed by atoms with Gasteiger partial charge in [0.25, 0.3) is 0 Å². The third-order valence-electron chi connectivity index (χ3n) is 6.38. The predicted octanol–water partition coefficient (Wildman–Crippen LogP) is 6.06. The summed E-state index contributed by atoms with van der Waals surface area (Å²) in [5.41, 5.74) is 5.65. The van der Waals surface area contributed by atoms with Gasteiger partial charge in [-0.05, 0) is 47.9 Å². The van der Waals surface area contributed by atoms with Crippen molar-refractivity contribution in [3.05, 3.63) is 119 Å². The molecule has 1 aliphatic carbocycles. The molecule has 1 heterocycles. The number of benzene rings is 3. The minimum Gasteiger partial charge on any atom is -0.449 e. The minimum atomic E-state index is -0.463. The zero-order valence-corrected chi connectivity index (χ0v) is 19.1. The molecule has 0 saturated heterocycles. The molecule has 1 unspecified atom stereocenters. The molecule has 0 saturated carbocycles. The van der Waals surface area contributed by atoms with Crippen LogP contribution >= 0.6 is 0 Å². The normalized spacial score (nSPS) is 15.1. The highest BCUT2D eigenvalue weighted by Crippen LogP contribution is 2.35. The summed E-state index contributed by atoms with van der Waals surface area (Å²) in [4.78, 5) is 26.0. The Morgan fingerprint density at radius 2 is 1.71 bits per heavy atom. The number of carbonyl (C=O) groups is 1. The Kier molecular flexibility index (Phi) is 6.43. The smallest absolute Gasteiger partial charge is 0.352 e.